The minimum atomic E-state index is -0.0500. The SMILES string of the molecule is COC[C@@H]1C[C@@H](OC)CN1C(=O)c1cn(C(C)C)cn1. The summed E-state index contributed by atoms with van der Waals surface area (Å²) in [7, 11) is 3.33. The molecular formula is C14H23N3O3. The quantitative estimate of drug-likeness (QED) is 0.817. The second-order valence-electron chi connectivity index (χ2n) is 5.46. The van der Waals surface area contributed by atoms with Crippen LogP contribution in [0, 0.1) is 0 Å². The van der Waals surface area contributed by atoms with E-state index >= 15 is 0 Å². The van der Waals surface area contributed by atoms with Gasteiger partial charge in [-0.25, -0.2) is 4.98 Å². The maximum Gasteiger partial charge on any atom is 0.274 e. The van der Waals surface area contributed by atoms with Crippen molar-refractivity contribution in [3.63, 3.8) is 0 Å². The number of rotatable bonds is 5. The summed E-state index contributed by atoms with van der Waals surface area (Å²) in [4.78, 5) is 18.6. The van der Waals surface area contributed by atoms with E-state index in [1.165, 1.54) is 0 Å². The molecule has 1 fully saturated rings. The lowest BCUT2D eigenvalue weighted by Crippen LogP contribution is -2.38. The van der Waals surface area contributed by atoms with E-state index in [4.69, 9.17) is 9.47 Å². The summed E-state index contributed by atoms with van der Waals surface area (Å²) in [6.07, 6.45) is 4.39. The number of ether oxygens (including phenoxy) is 2. The number of amides is 1. The highest BCUT2D eigenvalue weighted by atomic mass is 16.5. The van der Waals surface area contributed by atoms with Crippen LogP contribution in [0.25, 0.3) is 0 Å². The molecule has 1 saturated heterocycles. The summed E-state index contributed by atoms with van der Waals surface area (Å²) in [5, 5.41) is 0. The Bertz CT molecular complexity index is 458. The van der Waals surface area contributed by atoms with Crippen LogP contribution >= 0.6 is 0 Å². The molecule has 112 valence electrons. The first kappa shape index (κ1) is 15.0. The van der Waals surface area contributed by atoms with Gasteiger partial charge in [0.15, 0.2) is 0 Å². The molecular weight excluding hydrogens is 258 g/mol. The van der Waals surface area contributed by atoms with Gasteiger partial charge in [-0.05, 0) is 20.3 Å². The summed E-state index contributed by atoms with van der Waals surface area (Å²) in [6.45, 7) is 5.23. The molecule has 0 radical (unpaired) electrons. The molecule has 1 aliphatic heterocycles. The van der Waals surface area contributed by atoms with Crippen molar-refractivity contribution in [3.8, 4) is 0 Å². The molecule has 6 heteroatoms. The highest BCUT2D eigenvalue weighted by Crippen LogP contribution is 2.22. The molecule has 1 aromatic rings. The Morgan fingerprint density at radius 1 is 1.50 bits per heavy atom. The summed E-state index contributed by atoms with van der Waals surface area (Å²) >= 11 is 0. The third kappa shape index (κ3) is 3.02. The molecule has 0 bridgehead atoms. The largest absolute Gasteiger partial charge is 0.383 e. The third-order valence-electron chi connectivity index (χ3n) is 3.75. The van der Waals surface area contributed by atoms with Crippen molar-refractivity contribution >= 4 is 5.91 Å². The van der Waals surface area contributed by atoms with Crippen LogP contribution in [0.15, 0.2) is 12.5 Å². The van der Waals surface area contributed by atoms with Gasteiger partial charge >= 0.3 is 0 Å². The van der Waals surface area contributed by atoms with Crippen molar-refractivity contribution in [1.29, 1.82) is 0 Å². The monoisotopic (exact) mass is 281 g/mol. The normalized spacial score (nSPS) is 22.8. The van der Waals surface area contributed by atoms with E-state index in [0.29, 0.717) is 24.9 Å². The molecule has 1 aromatic heterocycles. The zero-order chi connectivity index (χ0) is 14.7. The predicted molar refractivity (Wildman–Crippen MR) is 74.7 cm³/mol. The predicted octanol–water partition coefficient (Wildman–Crippen LogP) is 1.34. The average Bonchev–Trinajstić information content (AvgIpc) is 3.05. The summed E-state index contributed by atoms with van der Waals surface area (Å²) < 4.78 is 12.5. The molecule has 2 atom stereocenters. The van der Waals surface area contributed by atoms with Gasteiger partial charge in [-0.3, -0.25) is 4.79 Å². The van der Waals surface area contributed by atoms with Crippen LogP contribution in [-0.4, -0.2) is 59.9 Å². The van der Waals surface area contributed by atoms with E-state index in [1.807, 2.05) is 9.47 Å². The van der Waals surface area contributed by atoms with Crippen molar-refractivity contribution in [2.24, 2.45) is 0 Å². The topological polar surface area (TPSA) is 56.6 Å². The van der Waals surface area contributed by atoms with Crippen LogP contribution in [-0.2, 0) is 9.47 Å². The number of carbonyl (C=O) groups excluding carboxylic acids is 1. The Morgan fingerprint density at radius 2 is 2.25 bits per heavy atom. The lowest BCUT2D eigenvalue weighted by atomic mass is 10.2. The fraction of sp³-hybridized carbons (Fsp3) is 0.714. The van der Waals surface area contributed by atoms with E-state index in [9.17, 15) is 4.79 Å². The third-order valence-corrected chi connectivity index (χ3v) is 3.75. The van der Waals surface area contributed by atoms with Gasteiger partial charge in [0.1, 0.15) is 5.69 Å². The van der Waals surface area contributed by atoms with Crippen molar-refractivity contribution in [3.05, 3.63) is 18.2 Å². The van der Waals surface area contributed by atoms with Gasteiger partial charge in [-0.2, -0.15) is 0 Å². The highest BCUT2D eigenvalue weighted by Gasteiger charge is 2.36. The molecule has 2 heterocycles. The van der Waals surface area contributed by atoms with Gasteiger partial charge in [0.05, 0.1) is 25.1 Å². The van der Waals surface area contributed by atoms with Crippen LogP contribution in [0.1, 0.15) is 36.8 Å². The van der Waals surface area contributed by atoms with Gasteiger partial charge in [0.25, 0.3) is 5.91 Å². The summed E-state index contributed by atoms with van der Waals surface area (Å²) in [6, 6.07) is 0.353. The van der Waals surface area contributed by atoms with E-state index in [0.717, 1.165) is 6.42 Å². The van der Waals surface area contributed by atoms with Crippen molar-refractivity contribution in [2.45, 2.75) is 38.5 Å². The Kier molecular flexibility index (Phi) is 4.77. The molecule has 0 aromatic carbocycles. The second-order valence-corrected chi connectivity index (χ2v) is 5.46. The van der Waals surface area contributed by atoms with Gasteiger partial charge in [0.2, 0.25) is 0 Å². The molecule has 1 amide bonds. The Balaban J connectivity index is 2.13. The average molecular weight is 281 g/mol. The Morgan fingerprint density at radius 3 is 2.80 bits per heavy atom. The lowest BCUT2D eigenvalue weighted by molar-refractivity contribution is 0.0607. The van der Waals surface area contributed by atoms with Crippen LogP contribution in [0.3, 0.4) is 0 Å². The smallest absolute Gasteiger partial charge is 0.274 e. The van der Waals surface area contributed by atoms with E-state index in [1.54, 1.807) is 26.7 Å². The maximum absolute atomic E-state index is 12.6. The number of imidazole rings is 1. The highest BCUT2D eigenvalue weighted by molar-refractivity contribution is 5.92. The minimum Gasteiger partial charge on any atom is -0.383 e. The van der Waals surface area contributed by atoms with Crippen LogP contribution in [0.4, 0.5) is 0 Å². The molecule has 0 spiro atoms. The molecule has 20 heavy (non-hydrogen) atoms. The number of hydrogen-bond acceptors (Lipinski definition) is 4. The zero-order valence-electron chi connectivity index (χ0n) is 12.6. The number of methoxy groups -OCH3 is 2. The molecule has 0 N–H and O–H groups in total. The minimum absolute atomic E-state index is 0.0500. The van der Waals surface area contributed by atoms with Crippen molar-refractivity contribution in [2.75, 3.05) is 27.4 Å². The molecule has 0 aliphatic carbocycles. The van der Waals surface area contributed by atoms with Gasteiger partial charge in [-0.15, -0.1) is 0 Å². The van der Waals surface area contributed by atoms with Crippen molar-refractivity contribution < 1.29 is 14.3 Å². The fourth-order valence-corrected chi connectivity index (χ4v) is 2.52. The first-order chi connectivity index (χ1) is 9.56. The fourth-order valence-electron chi connectivity index (χ4n) is 2.52. The first-order valence-corrected chi connectivity index (χ1v) is 6.93. The lowest BCUT2D eigenvalue weighted by Gasteiger charge is -2.22. The maximum atomic E-state index is 12.6. The Labute approximate surface area is 119 Å². The van der Waals surface area contributed by atoms with Crippen molar-refractivity contribution in [1.82, 2.24) is 14.5 Å². The standard InChI is InChI=1S/C14H23N3O3/c1-10(2)16-7-13(15-9-16)14(18)17-6-12(20-4)5-11(17)8-19-3/h7,9-12H,5-6,8H2,1-4H3/t11-,12+/m0/s1. The molecule has 0 unspecified atom stereocenters. The summed E-state index contributed by atoms with van der Waals surface area (Å²) in [5.41, 5.74) is 0.483. The number of aromatic nitrogens is 2. The molecule has 6 nitrogen and oxygen atoms in total. The summed E-state index contributed by atoms with van der Waals surface area (Å²) in [5.74, 6) is -0.0500. The number of nitrogens with zero attached hydrogens (tertiary/aromatic N) is 3. The van der Waals surface area contributed by atoms with Crippen LogP contribution < -0.4 is 0 Å². The Hall–Kier alpha value is -1.40. The second kappa shape index (κ2) is 6.37. The van der Waals surface area contributed by atoms with Crippen LogP contribution in [0.2, 0.25) is 0 Å². The molecule has 2 rings (SSSR count). The number of carbonyl (C=O) groups is 1. The van der Waals surface area contributed by atoms with Gasteiger partial charge < -0.3 is 18.9 Å². The van der Waals surface area contributed by atoms with Gasteiger partial charge in [-0.1, -0.05) is 0 Å². The van der Waals surface area contributed by atoms with E-state index in [2.05, 4.69) is 18.8 Å². The van der Waals surface area contributed by atoms with Gasteiger partial charge in [0, 0.05) is 33.0 Å². The first-order valence-electron chi connectivity index (χ1n) is 6.93. The number of likely N-dealkylation sites (tertiary alicyclic amines) is 1. The van der Waals surface area contributed by atoms with E-state index in [-0.39, 0.29) is 18.1 Å². The molecule has 1 aliphatic rings. The number of hydrogen-bond donors (Lipinski definition) is 0. The van der Waals surface area contributed by atoms with E-state index < -0.39 is 0 Å². The zero-order valence-corrected chi connectivity index (χ0v) is 12.6. The van der Waals surface area contributed by atoms with Crippen LogP contribution in [0.5, 0.6) is 0 Å². The molecule has 0 saturated carbocycles.